The van der Waals surface area contributed by atoms with Gasteiger partial charge in [-0.2, -0.15) is 0 Å². The van der Waals surface area contributed by atoms with Crippen LogP contribution in [-0.2, 0) is 17.8 Å². The van der Waals surface area contributed by atoms with E-state index in [1.165, 1.54) is 23.5 Å². The van der Waals surface area contributed by atoms with Gasteiger partial charge in [0.2, 0.25) is 0 Å². The minimum absolute atomic E-state index is 0.271. The third-order valence-corrected chi connectivity index (χ3v) is 7.24. The van der Waals surface area contributed by atoms with Gasteiger partial charge >= 0.3 is 0 Å². The Labute approximate surface area is 198 Å². The summed E-state index contributed by atoms with van der Waals surface area (Å²) in [5.41, 5.74) is 4.14. The van der Waals surface area contributed by atoms with E-state index in [9.17, 15) is 8.94 Å². The van der Waals surface area contributed by atoms with Crippen LogP contribution in [0.2, 0.25) is 0 Å². The van der Waals surface area contributed by atoms with Crippen molar-refractivity contribution in [1.29, 1.82) is 0 Å². The number of hydrogen-bond donors (Lipinski definition) is 1. The molecule has 0 amide bonds. The van der Waals surface area contributed by atoms with Gasteiger partial charge in [-0.15, -0.1) is 22.9 Å². The number of fused-ring (bicyclic) bond motifs is 1. The minimum atomic E-state index is -1.20. The van der Waals surface area contributed by atoms with Crippen LogP contribution in [0.4, 0.5) is 21.0 Å². The van der Waals surface area contributed by atoms with E-state index in [4.69, 9.17) is 21.6 Å². The zero-order chi connectivity index (χ0) is 22.7. The maximum Gasteiger partial charge on any atom is 0.191 e. The second kappa shape index (κ2) is 10.1. The molecule has 4 rings (SSSR count). The first-order valence-corrected chi connectivity index (χ1v) is 12.9. The summed E-state index contributed by atoms with van der Waals surface area (Å²) in [5.74, 6) is 1.60. The molecule has 0 radical (unpaired) electrons. The Hall–Kier alpha value is -2.33. The topological polar surface area (TPSA) is 68.5 Å². The Bertz CT molecular complexity index is 1200. The predicted molar refractivity (Wildman–Crippen MR) is 132 cm³/mol. The van der Waals surface area contributed by atoms with E-state index in [-0.39, 0.29) is 5.82 Å². The highest BCUT2D eigenvalue weighted by Crippen LogP contribution is 2.34. The van der Waals surface area contributed by atoms with Crippen LogP contribution >= 0.6 is 22.9 Å². The fraction of sp³-hybridized carbons (Fsp3) is 0.273. The van der Waals surface area contributed by atoms with Gasteiger partial charge in [-0.05, 0) is 42.8 Å². The lowest BCUT2D eigenvalue weighted by Crippen LogP contribution is -2.18. The van der Waals surface area contributed by atoms with E-state index >= 15 is 0 Å². The summed E-state index contributed by atoms with van der Waals surface area (Å²) in [6, 6.07) is 10.1. The Kier molecular flexibility index (Phi) is 7.20. The van der Waals surface area contributed by atoms with E-state index in [2.05, 4.69) is 11.6 Å². The lowest BCUT2D eigenvalue weighted by Gasteiger charge is -2.18. The summed E-state index contributed by atoms with van der Waals surface area (Å²) in [5, 5.41) is 2.76. The Morgan fingerprint density at radius 3 is 2.72 bits per heavy atom. The number of hydrogen-bond acceptors (Lipinski definition) is 6. The number of nitrogens with zero attached hydrogens (tertiary/aromatic N) is 4. The Balaban J connectivity index is 1.66. The largest absolute Gasteiger partial charge is 0.593 e. The molecule has 10 heteroatoms. The molecule has 0 fully saturated rings. The summed E-state index contributed by atoms with van der Waals surface area (Å²) in [4.78, 5) is 11.5. The van der Waals surface area contributed by atoms with E-state index in [0.29, 0.717) is 18.1 Å². The van der Waals surface area contributed by atoms with Crippen LogP contribution in [0, 0.1) is 5.82 Å². The van der Waals surface area contributed by atoms with Crippen molar-refractivity contribution in [3.8, 4) is 11.3 Å². The summed E-state index contributed by atoms with van der Waals surface area (Å²) >= 11 is 6.01. The van der Waals surface area contributed by atoms with Gasteiger partial charge in [-0.1, -0.05) is 6.92 Å². The summed E-state index contributed by atoms with van der Waals surface area (Å²) in [7, 11) is 1.95. The van der Waals surface area contributed by atoms with Gasteiger partial charge in [0, 0.05) is 36.5 Å². The second-order valence-corrected chi connectivity index (χ2v) is 9.68. The van der Waals surface area contributed by atoms with Crippen LogP contribution in [0.15, 0.2) is 48.0 Å². The molecule has 4 aromatic rings. The van der Waals surface area contributed by atoms with Gasteiger partial charge in [-0.25, -0.2) is 19.1 Å². The molecule has 3 aromatic heterocycles. The zero-order valence-corrected chi connectivity index (χ0v) is 20.1. The SMILES string of the molecule is CCc1nc2ccc(N[S+]([O-])CCCCl)cn2c1N(C)c1nc(-c2ccc(F)cc2)cs1. The van der Waals surface area contributed by atoms with Crippen LogP contribution in [-0.4, -0.2) is 37.6 Å². The van der Waals surface area contributed by atoms with Gasteiger partial charge in [0.15, 0.2) is 5.13 Å². The summed E-state index contributed by atoms with van der Waals surface area (Å²) in [6.07, 6.45) is 3.34. The molecule has 1 atom stereocenters. The number of halogens is 2. The van der Waals surface area contributed by atoms with Crippen molar-refractivity contribution in [2.24, 2.45) is 0 Å². The molecule has 0 spiro atoms. The van der Waals surface area contributed by atoms with Gasteiger partial charge in [0.05, 0.1) is 28.4 Å². The van der Waals surface area contributed by atoms with Crippen LogP contribution in [0.5, 0.6) is 0 Å². The lowest BCUT2D eigenvalue weighted by molar-refractivity contribution is 0.599. The number of aryl methyl sites for hydroxylation is 1. The highest BCUT2D eigenvalue weighted by molar-refractivity contribution is 7.92. The minimum Gasteiger partial charge on any atom is -0.593 e. The van der Waals surface area contributed by atoms with Crippen LogP contribution in [0.1, 0.15) is 19.0 Å². The van der Waals surface area contributed by atoms with E-state index < -0.39 is 11.4 Å². The smallest absolute Gasteiger partial charge is 0.191 e. The van der Waals surface area contributed by atoms with Crippen molar-refractivity contribution in [3.63, 3.8) is 0 Å². The molecule has 1 N–H and O–H groups in total. The molecule has 0 saturated carbocycles. The van der Waals surface area contributed by atoms with Crippen LogP contribution in [0.3, 0.4) is 0 Å². The Morgan fingerprint density at radius 2 is 2.00 bits per heavy atom. The molecule has 6 nitrogen and oxygen atoms in total. The normalized spacial score (nSPS) is 12.3. The third-order valence-electron chi connectivity index (χ3n) is 4.93. The first-order valence-electron chi connectivity index (χ1n) is 10.2. The van der Waals surface area contributed by atoms with E-state index in [1.54, 1.807) is 12.1 Å². The number of nitrogens with one attached hydrogen (secondary N) is 1. The average Bonchev–Trinajstić information content (AvgIpc) is 3.42. The molecular weight excluding hydrogens is 469 g/mol. The second-order valence-electron chi connectivity index (χ2n) is 7.16. The lowest BCUT2D eigenvalue weighted by atomic mass is 10.2. The summed E-state index contributed by atoms with van der Waals surface area (Å²) in [6.45, 7) is 2.06. The van der Waals surface area contributed by atoms with E-state index in [0.717, 1.165) is 45.7 Å². The molecule has 168 valence electrons. The van der Waals surface area contributed by atoms with Crippen LogP contribution in [0.25, 0.3) is 16.9 Å². The number of benzene rings is 1. The Morgan fingerprint density at radius 1 is 1.22 bits per heavy atom. The predicted octanol–water partition coefficient (Wildman–Crippen LogP) is 5.63. The van der Waals surface area contributed by atoms with Crippen molar-refractivity contribution in [3.05, 3.63) is 59.5 Å². The van der Waals surface area contributed by atoms with Gasteiger partial charge in [-0.3, -0.25) is 4.40 Å². The molecule has 0 bridgehead atoms. The molecule has 3 heterocycles. The number of rotatable bonds is 9. The average molecular weight is 492 g/mol. The van der Waals surface area contributed by atoms with E-state index in [1.807, 2.05) is 40.1 Å². The molecule has 0 aliphatic heterocycles. The maximum atomic E-state index is 13.3. The number of pyridine rings is 1. The fourth-order valence-electron chi connectivity index (χ4n) is 3.36. The molecule has 1 aromatic carbocycles. The van der Waals surface area contributed by atoms with Crippen molar-refractivity contribution in [2.45, 2.75) is 19.8 Å². The van der Waals surface area contributed by atoms with Crippen molar-refractivity contribution < 1.29 is 8.94 Å². The van der Waals surface area contributed by atoms with Gasteiger partial charge < -0.3 is 9.45 Å². The third kappa shape index (κ3) is 4.85. The number of anilines is 3. The number of aromatic nitrogens is 3. The van der Waals surface area contributed by atoms with Crippen molar-refractivity contribution in [1.82, 2.24) is 14.4 Å². The maximum absolute atomic E-state index is 13.3. The summed E-state index contributed by atoms with van der Waals surface area (Å²) < 4.78 is 30.5. The first kappa shape index (κ1) is 22.8. The molecule has 0 saturated heterocycles. The zero-order valence-electron chi connectivity index (χ0n) is 17.7. The number of thiazole rings is 1. The van der Waals surface area contributed by atoms with Gasteiger partial charge in [0.25, 0.3) is 0 Å². The first-order chi connectivity index (χ1) is 15.5. The highest BCUT2D eigenvalue weighted by atomic mass is 35.5. The molecule has 0 aliphatic rings. The highest BCUT2D eigenvalue weighted by Gasteiger charge is 2.20. The van der Waals surface area contributed by atoms with Crippen molar-refractivity contribution in [2.75, 3.05) is 28.3 Å². The quantitative estimate of drug-likeness (QED) is 0.242. The molecule has 0 aliphatic carbocycles. The molecule has 32 heavy (non-hydrogen) atoms. The molecular formula is C22H23ClFN5OS2. The van der Waals surface area contributed by atoms with Gasteiger partial charge in [0.1, 0.15) is 23.0 Å². The number of imidazole rings is 1. The number of alkyl halides is 1. The monoisotopic (exact) mass is 491 g/mol. The van der Waals surface area contributed by atoms with Crippen molar-refractivity contribution >= 4 is 56.6 Å². The molecule has 1 unspecified atom stereocenters. The van der Waals surface area contributed by atoms with Crippen LogP contribution < -0.4 is 9.62 Å². The fourth-order valence-corrected chi connectivity index (χ4v) is 5.35. The standard InChI is InChI=1S/C22H23ClFN5OS2/c1-3-18-21(28(2)22-26-19(14-31-22)15-5-7-16(24)8-6-15)29-13-17(9-10-20(29)25-18)27-32(30)12-4-11-23/h5-10,13-14,27H,3-4,11-12H2,1-2H3.